The van der Waals surface area contributed by atoms with Crippen molar-refractivity contribution < 1.29 is 15.0 Å². The summed E-state index contributed by atoms with van der Waals surface area (Å²) < 4.78 is 0. The Bertz CT molecular complexity index is 551. The van der Waals surface area contributed by atoms with E-state index in [-0.39, 0.29) is 30.4 Å². The average Bonchev–Trinajstić information content (AvgIpc) is 2.35. The van der Waals surface area contributed by atoms with Crippen LogP contribution in [0.3, 0.4) is 0 Å². The number of hydrogen-bond acceptors (Lipinski definition) is 3. The lowest BCUT2D eigenvalue weighted by atomic mass is 10.1. The number of phenolic OH excluding ortho intramolecular Hbond substituents is 1. The Morgan fingerprint density at radius 2 is 1.82 bits per heavy atom. The van der Waals surface area contributed by atoms with Gasteiger partial charge in [0.1, 0.15) is 5.75 Å². The van der Waals surface area contributed by atoms with Crippen LogP contribution in [0, 0.1) is 0 Å². The monoisotopic (exact) mass is 231 g/mol. The van der Waals surface area contributed by atoms with Crippen molar-refractivity contribution in [3.63, 3.8) is 0 Å². The molecular weight excluding hydrogens is 218 g/mol. The highest BCUT2D eigenvalue weighted by Crippen LogP contribution is 2.24. The molecule has 0 atom stereocenters. The van der Waals surface area contributed by atoms with Crippen molar-refractivity contribution in [2.24, 2.45) is 0 Å². The van der Waals surface area contributed by atoms with E-state index in [4.69, 9.17) is 5.11 Å². The fourth-order valence-corrected chi connectivity index (χ4v) is 1.67. The molecule has 2 aromatic rings. The number of carbonyl (C=O) groups excluding carboxylic acids is 1. The fourth-order valence-electron chi connectivity index (χ4n) is 1.67. The Hall–Kier alpha value is -2.07. The predicted octanol–water partition coefficient (Wildman–Crippen LogP) is 1.27. The minimum absolute atomic E-state index is 0.0564. The number of fused-ring (bicyclic) bond motifs is 1. The second-order valence-electron chi connectivity index (χ2n) is 3.70. The van der Waals surface area contributed by atoms with Crippen molar-refractivity contribution in [3.05, 3.63) is 42.0 Å². The van der Waals surface area contributed by atoms with Crippen LogP contribution in [-0.4, -0.2) is 29.3 Å². The van der Waals surface area contributed by atoms with Crippen LogP contribution in [0.5, 0.6) is 5.75 Å². The molecule has 4 nitrogen and oxygen atoms in total. The molecule has 2 aromatic carbocycles. The summed E-state index contributed by atoms with van der Waals surface area (Å²) in [5.74, 6) is -0.443. The van der Waals surface area contributed by atoms with Gasteiger partial charge in [0, 0.05) is 6.54 Å². The van der Waals surface area contributed by atoms with E-state index < -0.39 is 0 Å². The van der Waals surface area contributed by atoms with Crippen LogP contribution < -0.4 is 5.32 Å². The zero-order valence-electron chi connectivity index (χ0n) is 9.18. The summed E-state index contributed by atoms with van der Waals surface area (Å²) in [5, 5.41) is 22.7. The van der Waals surface area contributed by atoms with Crippen molar-refractivity contribution in [1.29, 1.82) is 0 Å². The summed E-state index contributed by atoms with van der Waals surface area (Å²) >= 11 is 0. The quantitative estimate of drug-likeness (QED) is 0.745. The molecule has 0 unspecified atom stereocenters. The molecule has 4 heteroatoms. The van der Waals surface area contributed by atoms with Gasteiger partial charge in [-0.2, -0.15) is 0 Å². The van der Waals surface area contributed by atoms with Gasteiger partial charge in [0.2, 0.25) is 0 Å². The molecule has 88 valence electrons. The second kappa shape index (κ2) is 4.84. The summed E-state index contributed by atoms with van der Waals surface area (Å²) in [6.07, 6.45) is 0. The van der Waals surface area contributed by atoms with Crippen molar-refractivity contribution >= 4 is 16.7 Å². The number of rotatable bonds is 3. The first-order valence-electron chi connectivity index (χ1n) is 5.33. The van der Waals surface area contributed by atoms with Crippen LogP contribution in [0.1, 0.15) is 10.4 Å². The molecule has 3 N–H and O–H groups in total. The van der Waals surface area contributed by atoms with E-state index in [1.165, 1.54) is 0 Å². The summed E-state index contributed by atoms with van der Waals surface area (Å²) in [7, 11) is 0. The molecule has 0 aliphatic heterocycles. The molecule has 17 heavy (non-hydrogen) atoms. The number of aromatic hydroxyl groups is 1. The van der Waals surface area contributed by atoms with Gasteiger partial charge in [0.25, 0.3) is 5.91 Å². The maximum Gasteiger partial charge on any atom is 0.255 e. The van der Waals surface area contributed by atoms with Crippen LogP contribution in [0.2, 0.25) is 0 Å². The summed E-state index contributed by atoms with van der Waals surface area (Å²) in [5.41, 5.74) is 0.220. The molecule has 0 radical (unpaired) electrons. The zero-order valence-corrected chi connectivity index (χ0v) is 9.18. The summed E-state index contributed by atoms with van der Waals surface area (Å²) in [4.78, 5) is 11.7. The molecule has 0 spiro atoms. The van der Waals surface area contributed by atoms with E-state index >= 15 is 0 Å². The highest BCUT2D eigenvalue weighted by Gasteiger charge is 2.11. The first-order chi connectivity index (χ1) is 8.22. The molecule has 2 rings (SSSR count). The van der Waals surface area contributed by atoms with Gasteiger partial charge >= 0.3 is 0 Å². The van der Waals surface area contributed by atoms with E-state index in [1.807, 2.05) is 24.3 Å². The Kier molecular flexibility index (Phi) is 3.25. The number of amides is 1. The number of aliphatic hydroxyl groups excluding tert-OH is 1. The first kappa shape index (κ1) is 11.4. The van der Waals surface area contributed by atoms with E-state index in [0.717, 1.165) is 10.8 Å². The molecule has 1 amide bonds. The van der Waals surface area contributed by atoms with Gasteiger partial charge in [-0.3, -0.25) is 4.79 Å². The van der Waals surface area contributed by atoms with Gasteiger partial charge in [0.05, 0.1) is 12.2 Å². The first-order valence-corrected chi connectivity index (χ1v) is 5.33. The van der Waals surface area contributed by atoms with Gasteiger partial charge in [-0.05, 0) is 22.9 Å². The lowest BCUT2D eigenvalue weighted by molar-refractivity contribution is 0.0942. The molecule has 0 bridgehead atoms. The third kappa shape index (κ3) is 2.37. The highest BCUT2D eigenvalue weighted by atomic mass is 16.3. The fraction of sp³-hybridized carbons (Fsp3) is 0.154. The molecule has 0 saturated carbocycles. The smallest absolute Gasteiger partial charge is 0.255 e. The van der Waals surface area contributed by atoms with Crippen LogP contribution in [0.4, 0.5) is 0 Å². The number of carbonyl (C=O) groups is 1. The molecule has 0 aromatic heterocycles. The predicted molar refractivity (Wildman–Crippen MR) is 65.0 cm³/mol. The molecule has 0 saturated heterocycles. The third-order valence-corrected chi connectivity index (χ3v) is 2.51. The van der Waals surface area contributed by atoms with Crippen LogP contribution in [-0.2, 0) is 0 Å². The minimum atomic E-state index is -0.387. The number of phenols is 1. The number of benzene rings is 2. The van der Waals surface area contributed by atoms with Crippen LogP contribution >= 0.6 is 0 Å². The normalized spacial score (nSPS) is 10.4. The highest BCUT2D eigenvalue weighted by molar-refractivity contribution is 6.01. The lowest BCUT2D eigenvalue weighted by Crippen LogP contribution is -2.26. The summed E-state index contributed by atoms with van der Waals surface area (Å²) in [6, 6.07) is 10.7. The summed E-state index contributed by atoms with van der Waals surface area (Å²) in [6.45, 7) is 0.0468. The van der Waals surface area contributed by atoms with E-state index in [2.05, 4.69) is 5.32 Å². The molecular formula is C13H13NO3. The number of aliphatic hydroxyl groups is 1. The maximum atomic E-state index is 11.7. The second-order valence-corrected chi connectivity index (χ2v) is 3.70. The Labute approximate surface area is 98.5 Å². The molecule has 0 heterocycles. The van der Waals surface area contributed by atoms with E-state index in [1.54, 1.807) is 12.1 Å². The Balaban J connectivity index is 2.40. The minimum Gasteiger partial charge on any atom is -0.507 e. The number of hydrogen-bond donors (Lipinski definition) is 3. The van der Waals surface area contributed by atoms with Crippen molar-refractivity contribution in [3.8, 4) is 5.75 Å². The average molecular weight is 231 g/mol. The van der Waals surface area contributed by atoms with Gasteiger partial charge in [-0.15, -0.1) is 0 Å². The molecule has 0 fully saturated rings. The standard InChI is InChI=1S/C13H13NO3/c15-6-5-14-13(17)11-7-9-3-1-2-4-10(9)8-12(11)16/h1-4,7-8,15-16H,5-6H2,(H,14,17). The Morgan fingerprint density at radius 3 is 2.47 bits per heavy atom. The van der Waals surface area contributed by atoms with Gasteiger partial charge in [0.15, 0.2) is 0 Å². The van der Waals surface area contributed by atoms with Gasteiger partial charge in [-0.1, -0.05) is 24.3 Å². The topological polar surface area (TPSA) is 69.6 Å². The van der Waals surface area contributed by atoms with Gasteiger partial charge < -0.3 is 15.5 Å². The molecule has 0 aliphatic carbocycles. The maximum absolute atomic E-state index is 11.7. The largest absolute Gasteiger partial charge is 0.507 e. The number of nitrogens with one attached hydrogen (secondary N) is 1. The SMILES string of the molecule is O=C(NCCO)c1cc2ccccc2cc1O. The Morgan fingerprint density at radius 1 is 1.18 bits per heavy atom. The van der Waals surface area contributed by atoms with Crippen LogP contribution in [0.15, 0.2) is 36.4 Å². The lowest BCUT2D eigenvalue weighted by Gasteiger charge is -2.07. The van der Waals surface area contributed by atoms with Crippen LogP contribution in [0.25, 0.3) is 10.8 Å². The molecule has 0 aliphatic rings. The van der Waals surface area contributed by atoms with E-state index in [9.17, 15) is 9.90 Å². The van der Waals surface area contributed by atoms with Crippen molar-refractivity contribution in [2.75, 3.05) is 13.2 Å². The van der Waals surface area contributed by atoms with Crippen molar-refractivity contribution in [2.45, 2.75) is 0 Å². The third-order valence-electron chi connectivity index (χ3n) is 2.51. The van der Waals surface area contributed by atoms with Crippen molar-refractivity contribution in [1.82, 2.24) is 5.32 Å². The zero-order chi connectivity index (χ0) is 12.3. The van der Waals surface area contributed by atoms with Gasteiger partial charge in [-0.25, -0.2) is 0 Å². The van der Waals surface area contributed by atoms with E-state index in [0.29, 0.717) is 0 Å².